The van der Waals surface area contributed by atoms with Crippen molar-refractivity contribution in [1.29, 1.82) is 0 Å². The zero-order valence-corrected chi connectivity index (χ0v) is 8.35. The van der Waals surface area contributed by atoms with Crippen LogP contribution in [0, 0.1) is 5.92 Å². The fraction of sp³-hybridized carbons (Fsp3) is 0.167. The molecule has 0 radical (unpaired) electrons. The van der Waals surface area contributed by atoms with E-state index in [-0.39, 0.29) is 12.2 Å². The second-order valence-corrected chi connectivity index (χ2v) is 3.24. The highest BCUT2D eigenvalue weighted by atomic mass is 16.1. The van der Waals surface area contributed by atoms with Gasteiger partial charge in [-0.25, -0.2) is 0 Å². The number of Topliss-reactive ketones (excluding diaryl/α,β-unsaturated/α-hetero) is 1. The van der Waals surface area contributed by atoms with E-state index in [0.717, 1.165) is 0 Å². The normalized spacial score (nSPS) is 11.7. The molecule has 3 nitrogen and oxygen atoms in total. The van der Waals surface area contributed by atoms with Crippen molar-refractivity contribution in [1.82, 2.24) is 0 Å². The number of hydrogen-bond donors (Lipinski definition) is 1. The van der Waals surface area contributed by atoms with Gasteiger partial charge >= 0.3 is 0 Å². The number of primary amides is 1. The largest absolute Gasteiger partial charge is 0.369 e. The van der Waals surface area contributed by atoms with Crippen molar-refractivity contribution in [2.45, 2.75) is 6.42 Å². The lowest BCUT2D eigenvalue weighted by Crippen LogP contribution is -2.23. The maximum atomic E-state index is 11.7. The van der Waals surface area contributed by atoms with Crippen molar-refractivity contribution in [3.8, 4) is 0 Å². The van der Waals surface area contributed by atoms with Gasteiger partial charge in [0.2, 0.25) is 5.91 Å². The van der Waals surface area contributed by atoms with Gasteiger partial charge in [-0.1, -0.05) is 36.4 Å². The molecule has 0 aromatic heterocycles. The topological polar surface area (TPSA) is 60.2 Å². The highest BCUT2D eigenvalue weighted by Gasteiger charge is 2.16. The first-order valence-electron chi connectivity index (χ1n) is 4.65. The van der Waals surface area contributed by atoms with E-state index in [1.165, 1.54) is 6.08 Å². The Morgan fingerprint density at radius 3 is 2.40 bits per heavy atom. The molecule has 0 fully saturated rings. The molecule has 15 heavy (non-hydrogen) atoms. The Bertz CT molecular complexity index is 370. The van der Waals surface area contributed by atoms with Crippen LogP contribution >= 0.6 is 0 Å². The van der Waals surface area contributed by atoms with Crippen molar-refractivity contribution >= 4 is 11.7 Å². The third-order valence-corrected chi connectivity index (χ3v) is 2.15. The molecule has 2 N–H and O–H groups in total. The van der Waals surface area contributed by atoms with E-state index < -0.39 is 11.8 Å². The van der Waals surface area contributed by atoms with Crippen LogP contribution in [0.4, 0.5) is 0 Å². The molecule has 78 valence electrons. The molecule has 3 heteroatoms. The Kier molecular flexibility index (Phi) is 3.80. The van der Waals surface area contributed by atoms with Crippen LogP contribution in [0.1, 0.15) is 16.8 Å². The predicted octanol–water partition coefficient (Wildman–Crippen LogP) is 1.55. The fourth-order valence-electron chi connectivity index (χ4n) is 1.24. The summed E-state index contributed by atoms with van der Waals surface area (Å²) in [5.41, 5.74) is 5.70. The van der Waals surface area contributed by atoms with Gasteiger partial charge < -0.3 is 5.73 Å². The fourth-order valence-corrected chi connectivity index (χ4v) is 1.24. The molecule has 0 saturated carbocycles. The van der Waals surface area contributed by atoms with Crippen LogP contribution in [-0.4, -0.2) is 11.7 Å². The number of carbonyl (C=O) groups excluding carboxylic acids is 2. The minimum absolute atomic E-state index is 0.0862. The van der Waals surface area contributed by atoms with Crippen LogP contribution in [0.15, 0.2) is 43.0 Å². The molecule has 0 aliphatic heterocycles. The maximum Gasteiger partial charge on any atom is 0.224 e. The molecule has 1 rings (SSSR count). The summed E-state index contributed by atoms with van der Waals surface area (Å²) < 4.78 is 0. The van der Waals surface area contributed by atoms with Gasteiger partial charge in [0.05, 0.1) is 5.92 Å². The van der Waals surface area contributed by atoms with E-state index in [1.54, 1.807) is 24.3 Å². The van der Waals surface area contributed by atoms with E-state index in [2.05, 4.69) is 6.58 Å². The van der Waals surface area contributed by atoms with E-state index in [4.69, 9.17) is 5.73 Å². The number of benzene rings is 1. The minimum Gasteiger partial charge on any atom is -0.369 e. The average molecular weight is 203 g/mol. The lowest BCUT2D eigenvalue weighted by molar-refractivity contribution is -0.120. The molecule has 0 spiro atoms. The second kappa shape index (κ2) is 5.10. The maximum absolute atomic E-state index is 11.7. The number of amides is 1. The van der Waals surface area contributed by atoms with Crippen LogP contribution in [0.25, 0.3) is 0 Å². The molecule has 1 amide bonds. The molecule has 0 heterocycles. The van der Waals surface area contributed by atoms with Gasteiger partial charge in [0.25, 0.3) is 0 Å². The first-order chi connectivity index (χ1) is 7.15. The van der Waals surface area contributed by atoms with Gasteiger partial charge in [-0.2, -0.15) is 0 Å². The SMILES string of the molecule is C=CC(CC(=O)c1ccccc1)C(N)=O. The Balaban J connectivity index is 2.71. The van der Waals surface area contributed by atoms with E-state index in [9.17, 15) is 9.59 Å². The van der Waals surface area contributed by atoms with Crippen LogP contribution in [0.5, 0.6) is 0 Å². The molecule has 0 aliphatic rings. The van der Waals surface area contributed by atoms with Gasteiger partial charge in [-0.3, -0.25) is 9.59 Å². The Labute approximate surface area is 88.6 Å². The molecule has 1 aromatic rings. The van der Waals surface area contributed by atoms with Gasteiger partial charge in [0.1, 0.15) is 0 Å². The van der Waals surface area contributed by atoms with Crippen LogP contribution in [-0.2, 0) is 4.79 Å². The summed E-state index contributed by atoms with van der Waals surface area (Å²) in [7, 11) is 0. The molecule has 0 aliphatic carbocycles. The van der Waals surface area contributed by atoms with Gasteiger partial charge in [-0.05, 0) is 0 Å². The van der Waals surface area contributed by atoms with E-state index in [0.29, 0.717) is 5.56 Å². The summed E-state index contributed by atoms with van der Waals surface area (Å²) in [6.07, 6.45) is 1.49. The summed E-state index contributed by atoms with van der Waals surface area (Å²) in [5.74, 6) is -1.20. The van der Waals surface area contributed by atoms with Crippen LogP contribution in [0.2, 0.25) is 0 Å². The molecule has 0 saturated heterocycles. The van der Waals surface area contributed by atoms with Crippen LogP contribution < -0.4 is 5.73 Å². The van der Waals surface area contributed by atoms with Gasteiger partial charge in [0, 0.05) is 12.0 Å². The number of carbonyl (C=O) groups is 2. The van der Waals surface area contributed by atoms with Crippen LogP contribution in [0.3, 0.4) is 0 Å². The van der Waals surface area contributed by atoms with Crippen molar-refractivity contribution in [2.24, 2.45) is 11.7 Å². The van der Waals surface area contributed by atoms with Gasteiger partial charge in [-0.15, -0.1) is 6.58 Å². The predicted molar refractivity (Wildman–Crippen MR) is 58.3 cm³/mol. The highest BCUT2D eigenvalue weighted by molar-refractivity contribution is 5.98. The summed E-state index contributed by atoms with van der Waals surface area (Å²) >= 11 is 0. The first-order valence-corrected chi connectivity index (χ1v) is 4.65. The van der Waals surface area contributed by atoms with Crippen molar-refractivity contribution in [2.75, 3.05) is 0 Å². The second-order valence-electron chi connectivity index (χ2n) is 3.24. The molecular formula is C12H13NO2. The summed E-state index contributed by atoms with van der Waals surface area (Å²) in [4.78, 5) is 22.6. The highest BCUT2D eigenvalue weighted by Crippen LogP contribution is 2.10. The number of nitrogens with two attached hydrogens (primary N) is 1. The smallest absolute Gasteiger partial charge is 0.224 e. The number of hydrogen-bond acceptors (Lipinski definition) is 2. The number of rotatable bonds is 5. The molecular weight excluding hydrogens is 190 g/mol. The average Bonchev–Trinajstić information content (AvgIpc) is 2.26. The molecule has 1 atom stereocenters. The Morgan fingerprint density at radius 1 is 1.33 bits per heavy atom. The lowest BCUT2D eigenvalue weighted by atomic mass is 9.98. The summed E-state index contributed by atoms with van der Waals surface area (Å²) in [6.45, 7) is 3.48. The third-order valence-electron chi connectivity index (χ3n) is 2.15. The quantitative estimate of drug-likeness (QED) is 0.583. The standard InChI is InChI=1S/C12H13NO2/c1-2-9(12(13)15)8-11(14)10-6-4-3-5-7-10/h2-7,9H,1,8H2,(H2,13,15). The zero-order valence-electron chi connectivity index (χ0n) is 8.35. The monoisotopic (exact) mass is 203 g/mol. The Hall–Kier alpha value is -1.90. The van der Waals surface area contributed by atoms with E-state index in [1.807, 2.05) is 6.07 Å². The molecule has 0 bridgehead atoms. The van der Waals surface area contributed by atoms with Crippen molar-refractivity contribution in [3.05, 3.63) is 48.6 Å². The zero-order chi connectivity index (χ0) is 11.3. The molecule has 1 unspecified atom stereocenters. The summed E-state index contributed by atoms with van der Waals surface area (Å²) in [6, 6.07) is 8.81. The lowest BCUT2D eigenvalue weighted by Gasteiger charge is -2.06. The van der Waals surface area contributed by atoms with Crippen molar-refractivity contribution in [3.63, 3.8) is 0 Å². The van der Waals surface area contributed by atoms with E-state index >= 15 is 0 Å². The minimum atomic E-state index is -0.585. The molecule has 1 aromatic carbocycles. The Morgan fingerprint density at radius 2 is 1.93 bits per heavy atom. The number of ketones is 1. The van der Waals surface area contributed by atoms with Gasteiger partial charge in [0.15, 0.2) is 5.78 Å². The summed E-state index contributed by atoms with van der Waals surface area (Å²) in [5, 5.41) is 0. The third kappa shape index (κ3) is 3.06. The first kappa shape index (κ1) is 11.2. The van der Waals surface area contributed by atoms with Crippen molar-refractivity contribution < 1.29 is 9.59 Å².